The van der Waals surface area contributed by atoms with Crippen LogP contribution in [0.4, 0.5) is 4.39 Å². The Balaban J connectivity index is 1.24. The van der Waals surface area contributed by atoms with E-state index in [-0.39, 0.29) is 28.9 Å². The quantitative estimate of drug-likeness (QED) is 0.377. The Bertz CT molecular complexity index is 1200. The van der Waals surface area contributed by atoms with E-state index in [1.807, 2.05) is 12.1 Å². The van der Waals surface area contributed by atoms with Gasteiger partial charge in [0.25, 0.3) is 5.91 Å². The number of carboxylic acid groups (broad SMARTS) is 1. The summed E-state index contributed by atoms with van der Waals surface area (Å²) in [6.07, 6.45) is 3.41. The van der Waals surface area contributed by atoms with Gasteiger partial charge in [-0.1, -0.05) is 30.1 Å². The number of carbonyl (C=O) groups is 2. The first-order valence-electron chi connectivity index (χ1n) is 12.7. The van der Waals surface area contributed by atoms with Crippen molar-refractivity contribution >= 4 is 35.1 Å². The number of rotatable bonds is 10. The fourth-order valence-corrected chi connectivity index (χ4v) is 5.74. The second-order valence-electron chi connectivity index (χ2n) is 11.2. The van der Waals surface area contributed by atoms with Gasteiger partial charge >= 0.3 is 5.97 Å². The fraction of sp³-hybridized carbons (Fsp3) is 0.500. The molecule has 5 rings (SSSR count). The standard InChI is InChI=1S/C28H31Cl2FN2O4/c1-15(18-7-19(29)9-20(30)8-18)33-12-28(2,13-33)14-37-24-11-23(31)22(10-21(24)16-3-4-16)26(34)32-25(27(35)36)17-5-6-17/h7-11,15-17,25H,3-6,12-14H2,1-2H3,(H,32,34)(H,35,36)/t15-,25+/m1/s1. The number of hydrogen-bond acceptors (Lipinski definition) is 4. The molecule has 1 heterocycles. The molecule has 0 aromatic heterocycles. The van der Waals surface area contributed by atoms with Crippen molar-refractivity contribution in [2.45, 2.75) is 57.5 Å². The second kappa shape index (κ2) is 10.1. The molecule has 0 radical (unpaired) electrons. The van der Waals surface area contributed by atoms with Crippen molar-refractivity contribution in [2.75, 3.05) is 19.7 Å². The lowest BCUT2D eigenvalue weighted by Gasteiger charge is -2.50. The van der Waals surface area contributed by atoms with Gasteiger partial charge in [-0.15, -0.1) is 0 Å². The van der Waals surface area contributed by atoms with Gasteiger partial charge in [-0.05, 0) is 79.8 Å². The van der Waals surface area contributed by atoms with Crippen LogP contribution in [-0.2, 0) is 4.79 Å². The second-order valence-corrected chi connectivity index (χ2v) is 12.0. The van der Waals surface area contributed by atoms with Crippen LogP contribution in [0, 0.1) is 17.2 Å². The molecule has 2 N–H and O–H groups in total. The predicted molar refractivity (Wildman–Crippen MR) is 140 cm³/mol. The number of nitrogens with zero attached hydrogens (tertiary/aromatic N) is 1. The van der Waals surface area contributed by atoms with Gasteiger partial charge in [0.1, 0.15) is 17.6 Å². The first kappa shape index (κ1) is 26.3. The molecule has 3 fully saturated rings. The van der Waals surface area contributed by atoms with Crippen LogP contribution >= 0.6 is 23.2 Å². The van der Waals surface area contributed by atoms with Crippen molar-refractivity contribution in [3.8, 4) is 5.75 Å². The molecule has 0 unspecified atom stereocenters. The minimum Gasteiger partial charge on any atom is -0.493 e. The van der Waals surface area contributed by atoms with Gasteiger partial charge < -0.3 is 15.2 Å². The van der Waals surface area contributed by atoms with Crippen molar-refractivity contribution < 1.29 is 23.8 Å². The topological polar surface area (TPSA) is 78.9 Å². The monoisotopic (exact) mass is 548 g/mol. The lowest BCUT2D eigenvalue weighted by atomic mass is 9.81. The van der Waals surface area contributed by atoms with Crippen LogP contribution in [0.3, 0.4) is 0 Å². The zero-order chi connectivity index (χ0) is 26.5. The van der Waals surface area contributed by atoms with Crippen LogP contribution in [0.15, 0.2) is 30.3 Å². The van der Waals surface area contributed by atoms with E-state index in [9.17, 15) is 14.7 Å². The van der Waals surface area contributed by atoms with Crippen molar-refractivity contribution in [1.82, 2.24) is 10.2 Å². The summed E-state index contributed by atoms with van der Waals surface area (Å²) in [6.45, 7) is 6.28. The number of aliphatic carboxylic acids is 1. The van der Waals surface area contributed by atoms with Gasteiger partial charge in [-0.25, -0.2) is 9.18 Å². The highest BCUT2D eigenvalue weighted by Crippen LogP contribution is 2.46. The number of carboxylic acids is 1. The van der Waals surface area contributed by atoms with Crippen molar-refractivity contribution in [2.24, 2.45) is 11.3 Å². The van der Waals surface area contributed by atoms with Crippen LogP contribution in [0.25, 0.3) is 0 Å². The maximum Gasteiger partial charge on any atom is 0.326 e. The summed E-state index contributed by atoms with van der Waals surface area (Å²) < 4.78 is 21.2. The van der Waals surface area contributed by atoms with Gasteiger partial charge in [0.15, 0.2) is 0 Å². The predicted octanol–water partition coefficient (Wildman–Crippen LogP) is 6.06. The van der Waals surface area contributed by atoms with Crippen LogP contribution in [0.2, 0.25) is 10.0 Å². The number of likely N-dealkylation sites (tertiary alicyclic amines) is 1. The Kier molecular flexibility index (Phi) is 7.16. The maximum absolute atomic E-state index is 15.1. The van der Waals surface area contributed by atoms with Crippen LogP contribution in [-0.4, -0.2) is 47.6 Å². The third kappa shape index (κ3) is 5.89. The van der Waals surface area contributed by atoms with Gasteiger partial charge in [0.05, 0.1) is 12.2 Å². The molecule has 2 saturated carbocycles. The summed E-state index contributed by atoms with van der Waals surface area (Å²) in [6, 6.07) is 7.56. The van der Waals surface area contributed by atoms with Crippen LogP contribution in [0.5, 0.6) is 5.75 Å². The zero-order valence-electron chi connectivity index (χ0n) is 20.9. The summed E-state index contributed by atoms with van der Waals surface area (Å²) in [5, 5.41) is 13.1. The largest absolute Gasteiger partial charge is 0.493 e. The summed E-state index contributed by atoms with van der Waals surface area (Å²) in [5.41, 5.74) is 1.63. The van der Waals surface area contributed by atoms with Crippen LogP contribution < -0.4 is 10.1 Å². The third-order valence-electron chi connectivity index (χ3n) is 7.67. The number of halogens is 3. The molecule has 2 aliphatic carbocycles. The molecule has 2 atom stereocenters. The first-order chi connectivity index (χ1) is 17.5. The Hall–Kier alpha value is -2.35. The molecular formula is C28H31Cl2FN2O4. The Labute approximate surface area is 226 Å². The van der Waals surface area contributed by atoms with E-state index in [1.165, 1.54) is 6.07 Å². The number of benzene rings is 2. The number of carbonyl (C=O) groups excluding carboxylic acids is 1. The van der Waals surface area contributed by atoms with Gasteiger partial charge in [-0.2, -0.15) is 0 Å². The molecule has 2 aromatic carbocycles. The molecule has 1 aliphatic heterocycles. The summed E-state index contributed by atoms with van der Waals surface area (Å²) >= 11 is 12.3. The van der Waals surface area contributed by atoms with E-state index in [4.69, 9.17) is 27.9 Å². The zero-order valence-corrected chi connectivity index (χ0v) is 22.4. The van der Waals surface area contributed by atoms with Gasteiger partial charge in [0, 0.05) is 40.7 Å². The van der Waals surface area contributed by atoms with Crippen LogP contribution in [0.1, 0.15) is 73.0 Å². The average Bonchev–Trinajstić information content (AvgIpc) is 3.71. The van der Waals surface area contributed by atoms with Crippen molar-refractivity contribution in [1.29, 1.82) is 0 Å². The van der Waals surface area contributed by atoms with Crippen molar-refractivity contribution in [3.63, 3.8) is 0 Å². The molecule has 198 valence electrons. The van der Waals surface area contributed by atoms with Gasteiger partial charge in [0.2, 0.25) is 0 Å². The van der Waals surface area contributed by atoms with E-state index in [2.05, 4.69) is 24.1 Å². The lowest BCUT2D eigenvalue weighted by molar-refractivity contribution is -0.139. The lowest BCUT2D eigenvalue weighted by Crippen LogP contribution is -2.57. The Morgan fingerprint density at radius 3 is 2.35 bits per heavy atom. The number of nitrogens with one attached hydrogen (secondary N) is 1. The molecule has 2 aromatic rings. The number of amides is 1. The van der Waals surface area contributed by atoms with E-state index in [1.54, 1.807) is 12.1 Å². The molecule has 3 aliphatic rings. The smallest absolute Gasteiger partial charge is 0.326 e. The highest BCUT2D eigenvalue weighted by molar-refractivity contribution is 6.34. The van der Waals surface area contributed by atoms with E-state index >= 15 is 4.39 Å². The number of hydrogen-bond donors (Lipinski definition) is 2. The first-order valence-corrected chi connectivity index (χ1v) is 13.5. The number of ether oxygens (including phenoxy) is 1. The van der Waals surface area contributed by atoms with E-state index in [0.717, 1.165) is 49.9 Å². The Morgan fingerprint density at radius 2 is 1.78 bits per heavy atom. The highest BCUT2D eigenvalue weighted by atomic mass is 35.5. The molecule has 1 amide bonds. The molecule has 1 saturated heterocycles. The summed E-state index contributed by atoms with van der Waals surface area (Å²) in [5.74, 6) is -1.89. The normalized spacial score (nSPS) is 20.6. The molecule has 0 spiro atoms. The fourth-order valence-electron chi connectivity index (χ4n) is 5.19. The average molecular weight is 549 g/mol. The minimum absolute atomic E-state index is 0.0867. The van der Waals surface area contributed by atoms with Crippen molar-refractivity contribution in [3.05, 3.63) is 62.9 Å². The minimum atomic E-state index is -1.09. The van der Waals surface area contributed by atoms with E-state index in [0.29, 0.717) is 22.4 Å². The van der Waals surface area contributed by atoms with Gasteiger partial charge in [-0.3, -0.25) is 9.69 Å². The summed E-state index contributed by atoms with van der Waals surface area (Å²) in [7, 11) is 0. The summed E-state index contributed by atoms with van der Waals surface area (Å²) in [4.78, 5) is 26.6. The molecular weight excluding hydrogens is 518 g/mol. The molecule has 9 heteroatoms. The SMILES string of the molecule is C[C@H](c1cc(Cl)cc(Cl)c1)N1CC(C)(COc2cc(F)c(C(=O)N[C@H](C(=O)O)C3CC3)cc2C2CC2)C1. The molecule has 37 heavy (non-hydrogen) atoms. The molecule has 6 nitrogen and oxygen atoms in total. The Morgan fingerprint density at radius 1 is 1.14 bits per heavy atom. The molecule has 0 bridgehead atoms. The maximum atomic E-state index is 15.1. The third-order valence-corrected chi connectivity index (χ3v) is 8.10. The highest BCUT2D eigenvalue weighted by Gasteiger charge is 2.42. The van der Waals surface area contributed by atoms with E-state index < -0.39 is 23.7 Å².